The summed E-state index contributed by atoms with van der Waals surface area (Å²) in [5.74, 6) is 1.65. The zero-order valence-electron chi connectivity index (χ0n) is 23.3. The number of thiophene rings is 1. The molecular weight excluding hydrogens is 571 g/mol. The van der Waals surface area contributed by atoms with Crippen LogP contribution in [0.15, 0.2) is 67.1 Å². The van der Waals surface area contributed by atoms with Crippen LogP contribution in [0.25, 0.3) is 21.3 Å². The minimum Gasteiger partial charge on any atom is -0.383 e. The summed E-state index contributed by atoms with van der Waals surface area (Å²) in [6, 6.07) is 15.2. The van der Waals surface area contributed by atoms with Crippen LogP contribution in [0, 0.1) is 23.1 Å². The van der Waals surface area contributed by atoms with Crippen molar-refractivity contribution in [1.82, 2.24) is 20.3 Å². The lowest BCUT2D eigenvalue weighted by Gasteiger charge is -2.12. The number of nitrogen functional groups attached to an aromatic ring is 1. The molecule has 0 aliphatic heterocycles. The molecule has 4 N–H and O–H groups in total. The van der Waals surface area contributed by atoms with Gasteiger partial charge in [0.2, 0.25) is 0 Å². The van der Waals surface area contributed by atoms with Crippen molar-refractivity contribution in [2.45, 2.75) is 32.7 Å². The Morgan fingerprint density at radius 1 is 0.976 bits per heavy atom. The Hall–Kier alpha value is -4.66. The number of pyridine rings is 1. The Morgan fingerprint density at radius 3 is 2.60 bits per heavy atom. The molecule has 42 heavy (non-hydrogen) atoms. The van der Waals surface area contributed by atoms with E-state index in [1.165, 1.54) is 12.4 Å². The molecule has 0 spiro atoms. The van der Waals surface area contributed by atoms with Crippen LogP contribution in [-0.2, 0) is 13.1 Å². The lowest BCUT2D eigenvalue weighted by Crippen LogP contribution is -2.24. The van der Waals surface area contributed by atoms with Crippen molar-refractivity contribution in [3.8, 4) is 21.9 Å². The maximum absolute atomic E-state index is 13.7. The molecule has 3 aromatic heterocycles. The topological polar surface area (TPSA) is 106 Å². The number of halogens is 2. The third kappa shape index (κ3) is 6.97. The standard InChI is InChI=1S/C31H28F2N6OSSi/c1-42(2,3)11-10-20-12-24(31(40)37-16-19-4-7-25(32)26(33)13-19)30(35-15-20)36-17-22-6-9-28(41-22)21-5-8-27-23(14-21)29(34)39-18-38-27/h4-9,12-15,18H,16-17H2,1-3H3,(H,35,36)(H,37,40)(H2,34,38,39). The van der Waals surface area contributed by atoms with Gasteiger partial charge >= 0.3 is 0 Å². The average molecular weight is 599 g/mol. The molecular formula is C31H28F2N6OSSi. The van der Waals surface area contributed by atoms with E-state index in [9.17, 15) is 13.6 Å². The van der Waals surface area contributed by atoms with Crippen molar-refractivity contribution in [2.24, 2.45) is 0 Å². The number of nitrogens with zero attached hydrogens (tertiary/aromatic N) is 3. The first kappa shape index (κ1) is 28.9. The number of carbonyl (C=O) groups is 1. The Balaban J connectivity index is 1.36. The zero-order valence-corrected chi connectivity index (χ0v) is 25.1. The van der Waals surface area contributed by atoms with E-state index in [2.05, 4.69) is 56.7 Å². The molecule has 0 radical (unpaired) electrons. The number of amides is 1. The third-order valence-corrected chi connectivity index (χ3v) is 8.20. The van der Waals surface area contributed by atoms with Gasteiger partial charge in [0, 0.05) is 33.4 Å². The first-order valence-corrected chi connectivity index (χ1v) is 17.5. The maximum atomic E-state index is 13.7. The Labute approximate surface area is 247 Å². The van der Waals surface area contributed by atoms with E-state index in [1.54, 1.807) is 23.6 Å². The highest BCUT2D eigenvalue weighted by Crippen LogP contribution is 2.31. The maximum Gasteiger partial charge on any atom is 0.255 e. The van der Waals surface area contributed by atoms with Crippen molar-refractivity contribution in [3.63, 3.8) is 0 Å². The summed E-state index contributed by atoms with van der Waals surface area (Å²) in [7, 11) is -1.65. The number of hydrogen-bond donors (Lipinski definition) is 3. The number of fused-ring (bicyclic) bond motifs is 1. The fourth-order valence-corrected chi connectivity index (χ4v) is 5.53. The lowest BCUT2D eigenvalue weighted by molar-refractivity contribution is 0.0951. The van der Waals surface area contributed by atoms with Crippen LogP contribution >= 0.6 is 11.3 Å². The highest BCUT2D eigenvalue weighted by Gasteiger charge is 2.16. The number of anilines is 2. The predicted molar refractivity (Wildman–Crippen MR) is 167 cm³/mol. The van der Waals surface area contributed by atoms with Crippen molar-refractivity contribution >= 4 is 47.9 Å². The number of hydrogen-bond acceptors (Lipinski definition) is 7. The van der Waals surface area contributed by atoms with Crippen LogP contribution in [0.2, 0.25) is 19.6 Å². The van der Waals surface area contributed by atoms with E-state index in [1.807, 2.05) is 30.3 Å². The zero-order chi connectivity index (χ0) is 29.9. The molecule has 5 rings (SSSR count). The summed E-state index contributed by atoms with van der Waals surface area (Å²) in [5, 5.41) is 6.85. The average Bonchev–Trinajstić information content (AvgIpc) is 3.44. The molecule has 0 aliphatic carbocycles. The summed E-state index contributed by atoms with van der Waals surface area (Å²) >= 11 is 1.60. The van der Waals surface area contributed by atoms with Gasteiger partial charge in [-0.15, -0.1) is 16.9 Å². The molecule has 0 bridgehead atoms. The second-order valence-electron chi connectivity index (χ2n) is 10.7. The van der Waals surface area contributed by atoms with Crippen LogP contribution in [-0.4, -0.2) is 28.9 Å². The fourth-order valence-electron chi connectivity index (χ4n) is 4.06. The third-order valence-electron chi connectivity index (χ3n) is 6.19. The van der Waals surface area contributed by atoms with E-state index in [0.29, 0.717) is 34.9 Å². The molecule has 2 aromatic carbocycles. The van der Waals surface area contributed by atoms with Crippen molar-refractivity contribution < 1.29 is 13.6 Å². The quantitative estimate of drug-likeness (QED) is 0.148. The van der Waals surface area contributed by atoms with Gasteiger partial charge in [0.1, 0.15) is 26.0 Å². The number of aromatic nitrogens is 3. The molecule has 0 fully saturated rings. The molecule has 0 atom stereocenters. The summed E-state index contributed by atoms with van der Waals surface area (Å²) < 4.78 is 27.0. The van der Waals surface area contributed by atoms with Crippen LogP contribution in [0.1, 0.15) is 26.4 Å². The van der Waals surface area contributed by atoms with Crippen molar-refractivity contribution in [1.29, 1.82) is 0 Å². The van der Waals surface area contributed by atoms with E-state index >= 15 is 0 Å². The molecule has 0 unspecified atom stereocenters. The Kier molecular flexibility index (Phi) is 8.28. The van der Waals surface area contributed by atoms with Gasteiger partial charge in [-0.25, -0.2) is 23.7 Å². The van der Waals surface area contributed by atoms with Gasteiger partial charge in [-0.3, -0.25) is 4.79 Å². The largest absolute Gasteiger partial charge is 0.383 e. The Bertz CT molecular complexity index is 1860. The summed E-state index contributed by atoms with van der Waals surface area (Å²) in [5.41, 5.74) is 12.5. The number of rotatable bonds is 7. The number of nitrogens with one attached hydrogen (secondary N) is 2. The van der Waals surface area contributed by atoms with Crippen LogP contribution in [0.4, 0.5) is 20.4 Å². The second-order valence-corrected chi connectivity index (χ2v) is 16.6. The Morgan fingerprint density at radius 2 is 1.81 bits per heavy atom. The number of nitrogens with two attached hydrogens (primary N) is 1. The fraction of sp³-hybridized carbons (Fsp3) is 0.161. The molecule has 5 aromatic rings. The van der Waals surface area contributed by atoms with Crippen molar-refractivity contribution in [2.75, 3.05) is 11.1 Å². The normalized spacial score (nSPS) is 11.2. The minimum absolute atomic E-state index is 0.0237. The SMILES string of the molecule is C[Si](C)(C)C#Cc1cnc(NCc2ccc(-c3ccc4ncnc(N)c4c3)s2)c(C(=O)NCc2ccc(F)c(F)c2)c1. The van der Waals surface area contributed by atoms with E-state index in [-0.39, 0.29) is 6.54 Å². The van der Waals surface area contributed by atoms with Gasteiger partial charge in [0.25, 0.3) is 5.91 Å². The van der Waals surface area contributed by atoms with Gasteiger partial charge in [-0.05, 0) is 53.6 Å². The minimum atomic E-state index is -1.65. The summed E-state index contributed by atoms with van der Waals surface area (Å²) in [6.45, 7) is 6.86. The molecule has 0 saturated carbocycles. The van der Waals surface area contributed by atoms with Gasteiger partial charge in [-0.2, -0.15) is 0 Å². The highest BCUT2D eigenvalue weighted by molar-refractivity contribution is 7.15. The molecule has 0 aliphatic rings. The lowest BCUT2D eigenvalue weighted by atomic mass is 10.1. The van der Waals surface area contributed by atoms with Crippen LogP contribution in [0.5, 0.6) is 0 Å². The van der Waals surface area contributed by atoms with E-state index in [0.717, 1.165) is 38.4 Å². The van der Waals surface area contributed by atoms with Gasteiger partial charge < -0.3 is 16.4 Å². The molecule has 3 heterocycles. The first-order chi connectivity index (χ1) is 20.1. The molecule has 212 valence electrons. The predicted octanol–water partition coefficient (Wildman–Crippen LogP) is 6.38. The van der Waals surface area contributed by atoms with Crippen LogP contribution < -0.4 is 16.4 Å². The second kappa shape index (κ2) is 12.1. The number of carbonyl (C=O) groups excluding carboxylic acids is 1. The number of benzene rings is 2. The molecule has 11 heteroatoms. The summed E-state index contributed by atoms with van der Waals surface area (Å²) in [4.78, 5) is 28.2. The van der Waals surface area contributed by atoms with Gasteiger partial charge in [-0.1, -0.05) is 37.7 Å². The molecule has 0 saturated heterocycles. The monoisotopic (exact) mass is 598 g/mol. The van der Waals surface area contributed by atoms with Gasteiger partial charge in [0.15, 0.2) is 11.6 Å². The first-order valence-electron chi connectivity index (χ1n) is 13.1. The van der Waals surface area contributed by atoms with E-state index in [4.69, 9.17) is 5.73 Å². The molecule has 1 amide bonds. The van der Waals surface area contributed by atoms with Crippen molar-refractivity contribution in [3.05, 3.63) is 100 Å². The highest BCUT2D eigenvalue weighted by atomic mass is 32.1. The van der Waals surface area contributed by atoms with E-state index < -0.39 is 25.6 Å². The van der Waals surface area contributed by atoms with Crippen LogP contribution in [0.3, 0.4) is 0 Å². The summed E-state index contributed by atoms with van der Waals surface area (Å²) in [6.07, 6.45) is 3.09. The van der Waals surface area contributed by atoms with Gasteiger partial charge in [0.05, 0.1) is 17.6 Å². The molecule has 7 nitrogen and oxygen atoms in total. The smallest absolute Gasteiger partial charge is 0.255 e.